The summed E-state index contributed by atoms with van der Waals surface area (Å²) in [4.78, 5) is 27.5. The molecule has 4 aromatic rings. The van der Waals surface area contributed by atoms with E-state index in [4.69, 9.17) is 46.4 Å². The highest BCUT2D eigenvalue weighted by atomic mass is 35.5. The van der Waals surface area contributed by atoms with Gasteiger partial charge in [0.1, 0.15) is 0 Å². The van der Waals surface area contributed by atoms with Crippen molar-refractivity contribution in [3.63, 3.8) is 0 Å². The Morgan fingerprint density at radius 3 is 1.29 bits per heavy atom. The lowest BCUT2D eigenvalue weighted by molar-refractivity contribution is 0.104. The molecule has 0 aromatic heterocycles. The van der Waals surface area contributed by atoms with Crippen molar-refractivity contribution in [2.75, 3.05) is 0 Å². The normalized spacial score (nSPS) is 11.3. The molecule has 0 saturated carbocycles. The second-order valence-electron chi connectivity index (χ2n) is 7.33. The maximum atomic E-state index is 14.5. The molecule has 170 valence electrons. The molecule has 0 aliphatic carbocycles. The average Bonchev–Trinajstić information content (AvgIpc) is 2.84. The van der Waals surface area contributed by atoms with Gasteiger partial charge in [0, 0.05) is 5.30 Å². The molecule has 3 nitrogen and oxygen atoms in total. The molecule has 0 saturated heterocycles. The molecule has 0 fully saturated rings. The van der Waals surface area contributed by atoms with Gasteiger partial charge < -0.3 is 4.57 Å². The molecule has 0 atom stereocenters. The fraction of sp³-hybridized carbons (Fsp3) is 0. The molecule has 0 radical (unpaired) electrons. The Bertz CT molecular complexity index is 1340. The molecule has 0 aliphatic heterocycles. The first-order valence-electron chi connectivity index (χ1n) is 9.99. The molecule has 4 rings (SSSR count). The Morgan fingerprint density at radius 1 is 0.500 bits per heavy atom. The van der Waals surface area contributed by atoms with E-state index in [1.807, 2.05) is 30.3 Å². The zero-order valence-corrected chi connectivity index (χ0v) is 21.3. The number of hydrogen-bond acceptors (Lipinski definition) is 3. The molecular formula is C26H15Cl4O3P. The predicted octanol–water partition coefficient (Wildman–Crippen LogP) is 8.64. The number of hydrogen-bond donors (Lipinski definition) is 0. The number of halogens is 4. The quantitative estimate of drug-likeness (QED) is 0.227. The molecule has 0 bridgehead atoms. The van der Waals surface area contributed by atoms with Crippen molar-refractivity contribution in [1.29, 1.82) is 0 Å². The lowest BCUT2D eigenvalue weighted by atomic mass is 10.1. The molecule has 0 heterocycles. The van der Waals surface area contributed by atoms with E-state index in [9.17, 15) is 14.2 Å². The van der Waals surface area contributed by atoms with Crippen LogP contribution in [0.5, 0.6) is 0 Å². The predicted molar refractivity (Wildman–Crippen MR) is 141 cm³/mol. The van der Waals surface area contributed by atoms with Crippen molar-refractivity contribution in [1.82, 2.24) is 0 Å². The highest BCUT2D eigenvalue weighted by Gasteiger charge is 2.45. The first kappa shape index (κ1) is 24.7. The van der Waals surface area contributed by atoms with Crippen molar-refractivity contribution in [2.24, 2.45) is 0 Å². The number of carbonyl (C=O) groups excluding carboxylic acids is 2. The van der Waals surface area contributed by atoms with Crippen LogP contribution in [0, 0.1) is 0 Å². The molecule has 0 spiro atoms. The molecule has 0 amide bonds. The standard InChI is InChI=1S/C26H15Cl4O3P/c27-19-8-4-9-20(28)23(19)25(31)34(33,26(32)24-21(29)10-5-11-22(24)30)18-14-12-17(13-15-18)16-6-2-1-3-7-16/h1-15H. The van der Waals surface area contributed by atoms with Crippen LogP contribution in [-0.4, -0.2) is 11.0 Å². The number of rotatable bonds is 6. The topological polar surface area (TPSA) is 51.2 Å². The van der Waals surface area contributed by atoms with Gasteiger partial charge in [-0.25, -0.2) is 0 Å². The third kappa shape index (κ3) is 4.47. The molecule has 0 N–H and O–H groups in total. The van der Waals surface area contributed by atoms with Crippen molar-refractivity contribution in [3.05, 3.63) is 122 Å². The minimum absolute atomic E-state index is 0.0170. The van der Waals surface area contributed by atoms with E-state index >= 15 is 0 Å². The van der Waals surface area contributed by atoms with Gasteiger partial charge in [-0.15, -0.1) is 0 Å². The second-order valence-corrected chi connectivity index (χ2v) is 11.5. The van der Waals surface area contributed by atoms with Crippen LogP contribution in [0.1, 0.15) is 20.7 Å². The monoisotopic (exact) mass is 546 g/mol. The Kier molecular flexibility index (Phi) is 7.33. The van der Waals surface area contributed by atoms with Gasteiger partial charge >= 0.3 is 0 Å². The van der Waals surface area contributed by atoms with Crippen molar-refractivity contribution < 1.29 is 14.2 Å². The van der Waals surface area contributed by atoms with E-state index in [1.165, 1.54) is 36.4 Å². The van der Waals surface area contributed by atoms with E-state index < -0.39 is 18.2 Å². The van der Waals surface area contributed by atoms with Gasteiger partial charge in [-0.3, -0.25) is 9.59 Å². The molecule has 4 aromatic carbocycles. The zero-order valence-electron chi connectivity index (χ0n) is 17.3. The third-order valence-corrected chi connectivity index (χ3v) is 9.14. The first-order valence-corrected chi connectivity index (χ1v) is 13.2. The summed E-state index contributed by atoms with van der Waals surface area (Å²) >= 11 is 25.0. The summed E-state index contributed by atoms with van der Waals surface area (Å²) in [6.45, 7) is 0. The van der Waals surface area contributed by atoms with E-state index in [2.05, 4.69) is 0 Å². The van der Waals surface area contributed by atoms with Crippen molar-refractivity contribution in [2.45, 2.75) is 0 Å². The fourth-order valence-corrected chi connectivity index (χ4v) is 7.28. The summed E-state index contributed by atoms with van der Waals surface area (Å²) in [6.07, 6.45) is 0. The Labute approximate surface area is 216 Å². The minimum atomic E-state index is -4.53. The minimum Gasteiger partial charge on any atom is -0.302 e. The van der Waals surface area contributed by atoms with Gasteiger partial charge in [0.05, 0.1) is 31.2 Å². The molecule has 0 aliphatic rings. The highest BCUT2D eigenvalue weighted by molar-refractivity contribution is 8.01. The number of carbonyl (C=O) groups is 2. The maximum Gasteiger partial charge on any atom is 0.248 e. The summed E-state index contributed by atoms with van der Waals surface area (Å²) in [6, 6.07) is 24.7. The van der Waals surface area contributed by atoms with Crippen LogP contribution in [0.2, 0.25) is 20.1 Å². The van der Waals surface area contributed by atoms with Gasteiger partial charge in [-0.05, 0) is 35.4 Å². The Morgan fingerprint density at radius 2 is 0.882 bits per heavy atom. The van der Waals surface area contributed by atoms with Crippen LogP contribution < -0.4 is 5.30 Å². The summed E-state index contributed by atoms with van der Waals surface area (Å²) in [5.41, 5.74) is -0.629. The summed E-state index contributed by atoms with van der Waals surface area (Å²) in [5.74, 6) is 0. The molecule has 34 heavy (non-hydrogen) atoms. The first-order chi connectivity index (χ1) is 16.2. The number of benzene rings is 4. The lowest BCUT2D eigenvalue weighted by Crippen LogP contribution is -2.21. The van der Waals surface area contributed by atoms with Gasteiger partial charge in [0.25, 0.3) is 0 Å². The molecule has 0 unspecified atom stereocenters. The van der Waals surface area contributed by atoms with E-state index in [-0.39, 0.29) is 36.5 Å². The van der Waals surface area contributed by atoms with Gasteiger partial charge in [-0.1, -0.05) is 113 Å². The second kappa shape index (κ2) is 10.1. The smallest absolute Gasteiger partial charge is 0.248 e. The van der Waals surface area contributed by atoms with Crippen LogP contribution in [0.3, 0.4) is 0 Å². The van der Waals surface area contributed by atoms with Crippen LogP contribution in [-0.2, 0) is 4.57 Å². The zero-order chi connectivity index (χ0) is 24.5. The van der Waals surface area contributed by atoms with E-state index in [1.54, 1.807) is 24.3 Å². The third-order valence-electron chi connectivity index (χ3n) is 5.26. The Hall–Kier alpha value is -2.39. The lowest BCUT2D eigenvalue weighted by Gasteiger charge is -2.19. The summed E-state index contributed by atoms with van der Waals surface area (Å²) in [5, 5.41) is -0.0455. The van der Waals surface area contributed by atoms with Crippen molar-refractivity contribution >= 4 is 69.9 Å². The molecular weight excluding hydrogens is 533 g/mol. The van der Waals surface area contributed by atoms with Crippen molar-refractivity contribution in [3.8, 4) is 11.1 Å². The van der Waals surface area contributed by atoms with Crippen LogP contribution in [0.15, 0.2) is 91.0 Å². The fourth-order valence-electron chi connectivity index (χ4n) is 3.54. The van der Waals surface area contributed by atoms with Crippen LogP contribution in [0.25, 0.3) is 11.1 Å². The average molecular weight is 548 g/mol. The molecule has 8 heteroatoms. The van der Waals surface area contributed by atoms with E-state index in [0.717, 1.165) is 11.1 Å². The maximum absolute atomic E-state index is 14.5. The van der Waals surface area contributed by atoms with Gasteiger partial charge in [-0.2, -0.15) is 0 Å². The van der Waals surface area contributed by atoms with Gasteiger partial charge in [0.15, 0.2) is 0 Å². The summed E-state index contributed by atoms with van der Waals surface area (Å²) in [7, 11) is -4.53. The van der Waals surface area contributed by atoms with E-state index in [0.29, 0.717) is 0 Å². The van der Waals surface area contributed by atoms with Crippen LogP contribution >= 0.6 is 53.5 Å². The summed E-state index contributed by atoms with van der Waals surface area (Å²) < 4.78 is 14.5. The largest absolute Gasteiger partial charge is 0.302 e. The Balaban J connectivity index is 1.93. The van der Waals surface area contributed by atoms with Crippen LogP contribution in [0.4, 0.5) is 0 Å². The SMILES string of the molecule is O=C(c1c(Cl)cccc1Cl)P(=O)(C(=O)c1c(Cl)cccc1Cl)c1ccc(-c2ccccc2)cc1. The highest BCUT2D eigenvalue weighted by Crippen LogP contribution is 2.54. The van der Waals surface area contributed by atoms with Gasteiger partial charge in [0.2, 0.25) is 18.2 Å².